The summed E-state index contributed by atoms with van der Waals surface area (Å²) >= 11 is 0. The van der Waals surface area contributed by atoms with Gasteiger partial charge in [-0.1, -0.05) is 176 Å². The van der Waals surface area contributed by atoms with Gasteiger partial charge in [-0.2, -0.15) is 21.9 Å². The van der Waals surface area contributed by atoms with Crippen LogP contribution in [-0.2, 0) is 0 Å². The van der Waals surface area contributed by atoms with Gasteiger partial charge in [0, 0.05) is 0 Å². The molecule has 0 aliphatic heterocycles. The van der Waals surface area contributed by atoms with Crippen LogP contribution in [0.25, 0.3) is 0 Å². The summed E-state index contributed by atoms with van der Waals surface area (Å²) in [6, 6.07) is 63.7. The van der Waals surface area contributed by atoms with E-state index in [1.807, 2.05) is 0 Å². The maximum absolute atomic E-state index is 2.27. The summed E-state index contributed by atoms with van der Waals surface area (Å²) in [6.07, 6.45) is -1.22. The number of rotatable bonds is 7. The van der Waals surface area contributed by atoms with Crippen LogP contribution in [-0.4, -0.2) is 6.15 Å². The van der Waals surface area contributed by atoms with Crippen molar-refractivity contribution in [3.8, 4) is 0 Å². The summed E-state index contributed by atoms with van der Waals surface area (Å²) in [4.78, 5) is 0. The van der Waals surface area contributed by atoms with E-state index in [9.17, 15) is 0 Å². The smallest absolute Gasteiger partial charge is 0.108 e. The first-order valence-corrected chi connectivity index (χ1v) is 19.3. The van der Waals surface area contributed by atoms with Crippen LogP contribution < -0.4 is 37.8 Å². The summed E-state index contributed by atoms with van der Waals surface area (Å²) < 4.78 is 0. The Labute approximate surface area is 301 Å². The molecule has 0 atom stereocenters. The lowest BCUT2D eigenvalue weighted by Gasteiger charge is -2.44. The minimum Gasteiger partial charge on any atom is -0.195 e. The van der Waals surface area contributed by atoms with E-state index in [1.54, 1.807) is 15.9 Å². The third-order valence-corrected chi connectivity index (χ3v) is 14.3. The van der Waals surface area contributed by atoms with Crippen molar-refractivity contribution in [3.05, 3.63) is 209 Å². The molecule has 2 heteroatoms. The molecule has 50 heavy (non-hydrogen) atoms. The first-order chi connectivity index (χ1) is 24.3. The SMILES string of the molecule is Cc1cccc(C)c1[PH+](c1c(C)cccc1C)c1c(C)cccc1C.c1ccc([B-](c2ccccc2)(c2ccccc2)c2ccccc2)cc1. The molecule has 0 saturated heterocycles. The van der Waals surface area contributed by atoms with Crippen molar-refractivity contribution in [3.63, 3.8) is 0 Å². The average Bonchev–Trinajstić information content (AvgIpc) is 3.14. The van der Waals surface area contributed by atoms with Crippen LogP contribution in [0.4, 0.5) is 0 Å². The second kappa shape index (κ2) is 15.7. The van der Waals surface area contributed by atoms with Crippen molar-refractivity contribution in [1.82, 2.24) is 0 Å². The minimum absolute atomic E-state index is 1.06. The molecule has 0 saturated carbocycles. The van der Waals surface area contributed by atoms with Crippen molar-refractivity contribution in [2.24, 2.45) is 0 Å². The summed E-state index contributed by atoms with van der Waals surface area (Å²) in [6.45, 7) is 13.6. The lowest BCUT2D eigenvalue weighted by molar-refractivity contribution is 1.40. The van der Waals surface area contributed by atoms with Crippen LogP contribution in [0.1, 0.15) is 33.4 Å². The van der Waals surface area contributed by atoms with E-state index in [4.69, 9.17) is 0 Å². The van der Waals surface area contributed by atoms with Crippen LogP contribution in [0.15, 0.2) is 176 Å². The molecule has 0 heterocycles. The molecule has 7 rings (SSSR count). The number of hydrogen-bond donors (Lipinski definition) is 0. The molecular formula is C48H48BP. The molecule has 0 N–H and O–H groups in total. The molecule has 0 bridgehead atoms. The van der Waals surface area contributed by atoms with E-state index in [0.717, 1.165) is 0 Å². The third-order valence-electron chi connectivity index (χ3n) is 10.4. The highest BCUT2D eigenvalue weighted by Gasteiger charge is 2.34. The van der Waals surface area contributed by atoms with E-state index in [1.165, 1.54) is 55.2 Å². The molecule has 0 fully saturated rings. The van der Waals surface area contributed by atoms with Gasteiger partial charge in [0.1, 0.15) is 30.0 Å². The molecule has 0 unspecified atom stereocenters. The van der Waals surface area contributed by atoms with E-state index in [2.05, 4.69) is 217 Å². The maximum atomic E-state index is 2.27. The molecule has 248 valence electrons. The van der Waals surface area contributed by atoms with E-state index in [-0.39, 0.29) is 0 Å². The van der Waals surface area contributed by atoms with E-state index >= 15 is 0 Å². The van der Waals surface area contributed by atoms with Gasteiger partial charge in [0.05, 0.1) is 0 Å². The van der Waals surface area contributed by atoms with Gasteiger partial charge < -0.3 is 0 Å². The van der Waals surface area contributed by atoms with Gasteiger partial charge in [-0.3, -0.25) is 0 Å². The van der Waals surface area contributed by atoms with Crippen LogP contribution in [0.3, 0.4) is 0 Å². The van der Waals surface area contributed by atoms with E-state index in [0.29, 0.717) is 0 Å². The summed E-state index contributed by atoms with van der Waals surface area (Å²) in [7, 11) is -1.06. The van der Waals surface area contributed by atoms with E-state index < -0.39 is 14.1 Å². The molecule has 0 amide bonds. The average molecular weight is 667 g/mol. The van der Waals surface area contributed by atoms with Crippen LogP contribution in [0.2, 0.25) is 0 Å². The zero-order valence-corrected chi connectivity index (χ0v) is 31.3. The van der Waals surface area contributed by atoms with Crippen LogP contribution in [0, 0.1) is 41.5 Å². The molecular weight excluding hydrogens is 618 g/mol. The Kier molecular flexibility index (Phi) is 11.0. The fourth-order valence-electron chi connectivity index (χ4n) is 8.12. The molecule has 0 nitrogen and oxygen atoms in total. The maximum Gasteiger partial charge on any atom is 0.108 e. The quantitative estimate of drug-likeness (QED) is 0.119. The van der Waals surface area contributed by atoms with Crippen molar-refractivity contribution < 1.29 is 0 Å². The van der Waals surface area contributed by atoms with Crippen molar-refractivity contribution >= 4 is 51.8 Å². The van der Waals surface area contributed by atoms with Gasteiger partial charge in [0.25, 0.3) is 0 Å². The Morgan fingerprint density at radius 2 is 0.460 bits per heavy atom. The number of hydrogen-bond acceptors (Lipinski definition) is 0. The Balaban J connectivity index is 0.000000173. The highest BCUT2D eigenvalue weighted by Crippen LogP contribution is 2.39. The fraction of sp³-hybridized carbons (Fsp3) is 0.125. The molecule has 0 aliphatic carbocycles. The first kappa shape index (κ1) is 34.9. The lowest BCUT2D eigenvalue weighted by Crippen LogP contribution is -2.74. The predicted molar refractivity (Wildman–Crippen MR) is 225 cm³/mol. The molecule has 7 aromatic rings. The van der Waals surface area contributed by atoms with Gasteiger partial charge >= 0.3 is 0 Å². The monoisotopic (exact) mass is 666 g/mol. The lowest BCUT2D eigenvalue weighted by atomic mass is 9.13. The summed E-state index contributed by atoms with van der Waals surface area (Å²) in [5.74, 6) is 0. The van der Waals surface area contributed by atoms with Gasteiger partial charge in [0.15, 0.2) is 0 Å². The highest BCUT2D eigenvalue weighted by molar-refractivity contribution is 7.80. The number of aryl methyl sites for hydroxylation is 6. The second-order valence-corrected chi connectivity index (χ2v) is 15.9. The Morgan fingerprint density at radius 1 is 0.260 bits per heavy atom. The highest BCUT2D eigenvalue weighted by atomic mass is 31.1. The van der Waals surface area contributed by atoms with Gasteiger partial charge in [-0.05, 0) is 74.9 Å². The van der Waals surface area contributed by atoms with Gasteiger partial charge in [0.2, 0.25) is 0 Å². The van der Waals surface area contributed by atoms with Gasteiger partial charge in [-0.15, -0.1) is 0 Å². The molecule has 0 spiro atoms. The van der Waals surface area contributed by atoms with Crippen LogP contribution >= 0.6 is 7.92 Å². The Hall–Kier alpha value is -4.97. The summed E-state index contributed by atoms with van der Waals surface area (Å²) in [5, 5.41) is 4.67. The largest absolute Gasteiger partial charge is 0.195 e. The Morgan fingerprint density at radius 3 is 0.660 bits per heavy atom. The Bertz CT molecular complexity index is 1810. The van der Waals surface area contributed by atoms with Crippen molar-refractivity contribution in [2.45, 2.75) is 41.5 Å². The first-order valence-electron chi connectivity index (χ1n) is 17.8. The summed E-state index contributed by atoms with van der Waals surface area (Å²) in [5.41, 5.74) is 13.9. The molecule has 0 aromatic heterocycles. The van der Waals surface area contributed by atoms with Crippen LogP contribution in [0.5, 0.6) is 0 Å². The minimum atomic E-state index is -1.22. The number of benzene rings is 7. The normalized spacial score (nSPS) is 11.2. The third kappa shape index (κ3) is 6.89. The van der Waals surface area contributed by atoms with Crippen molar-refractivity contribution in [2.75, 3.05) is 0 Å². The standard InChI is InChI=1S/C24H20B.C24H27P/c1-5-13-21(14-6-1)25(22-15-7-2-8-16-22,23-17-9-3-10-18-23)24-19-11-4-12-20-24;1-16-10-7-11-17(2)22(16)25(23-18(3)12-8-13-19(23)4)24-20(5)14-9-15-21(24)6/h1-20H;7-15H,1-6H3/q-1;/p+1. The zero-order chi connectivity index (χ0) is 35.1. The second-order valence-electron chi connectivity index (χ2n) is 13.7. The topological polar surface area (TPSA) is 0 Å². The van der Waals surface area contributed by atoms with Gasteiger partial charge in [-0.25, -0.2) is 0 Å². The predicted octanol–water partition coefficient (Wildman–Crippen LogP) is 8.09. The molecule has 7 aromatic carbocycles. The molecule has 0 aliphatic rings. The molecule has 0 radical (unpaired) electrons. The fourth-order valence-corrected chi connectivity index (χ4v) is 11.7. The van der Waals surface area contributed by atoms with Crippen molar-refractivity contribution in [1.29, 1.82) is 0 Å². The zero-order valence-electron chi connectivity index (χ0n) is 30.3.